The highest BCUT2D eigenvalue weighted by atomic mass is 16.5. The van der Waals surface area contributed by atoms with Gasteiger partial charge in [0.1, 0.15) is 17.8 Å². The van der Waals surface area contributed by atoms with Crippen molar-refractivity contribution in [3.05, 3.63) is 30.6 Å². The van der Waals surface area contributed by atoms with Gasteiger partial charge < -0.3 is 10.1 Å². The van der Waals surface area contributed by atoms with Crippen LogP contribution in [0.15, 0.2) is 30.6 Å². The maximum absolute atomic E-state index is 5.28. The Morgan fingerprint density at radius 3 is 2.81 bits per heavy atom. The number of nitrogens with zero attached hydrogens (tertiary/aromatic N) is 3. The highest BCUT2D eigenvalue weighted by Gasteiger charge is 2.11. The molecule has 5 heteroatoms. The normalized spacial score (nSPS) is 9.88. The molecule has 0 radical (unpaired) electrons. The molecule has 0 aliphatic heterocycles. The van der Waals surface area contributed by atoms with Crippen LogP contribution in [0.1, 0.15) is 0 Å². The van der Waals surface area contributed by atoms with Gasteiger partial charge in [-0.2, -0.15) is 0 Å². The number of nitrogens with one attached hydrogen (secondary N) is 1. The minimum absolute atomic E-state index is 0.680. The van der Waals surface area contributed by atoms with Crippen molar-refractivity contribution in [1.29, 1.82) is 0 Å². The Hall–Kier alpha value is -2.17. The van der Waals surface area contributed by atoms with E-state index in [0.717, 1.165) is 11.3 Å². The van der Waals surface area contributed by atoms with Crippen molar-refractivity contribution in [3.63, 3.8) is 0 Å². The second kappa shape index (κ2) is 4.57. The Balaban J connectivity index is 2.58. The van der Waals surface area contributed by atoms with E-state index in [4.69, 9.17) is 4.74 Å². The Kier molecular flexibility index (Phi) is 2.95. The van der Waals surface area contributed by atoms with Crippen molar-refractivity contribution >= 4 is 5.82 Å². The van der Waals surface area contributed by atoms with Gasteiger partial charge in [0.2, 0.25) is 0 Å². The third kappa shape index (κ3) is 1.79. The average molecular weight is 216 g/mol. The number of para-hydroxylation sites is 1. The molecule has 0 aliphatic rings. The van der Waals surface area contributed by atoms with Gasteiger partial charge in [0.25, 0.3) is 0 Å². The van der Waals surface area contributed by atoms with Crippen LogP contribution >= 0.6 is 0 Å². The first kappa shape index (κ1) is 10.4. The number of hydrogen-bond acceptors (Lipinski definition) is 5. The smallest absolute Gasteiger partial charge is 0.156 e. The zero-order chi connectivity index (χ0) is 11.4. The third-order valence-corrected chi connectivity index (χ3v) is 2.22. The van der Waals surface area contributed by atoms with Gasteiger partial charge in [-0.05, 0) is 12.1 Å². The minimum Gasteiger partial charge on any atom is -0.496 e. The molecule has 1 aromatic heterocycles. The third-order valence-electron chi connectivity index (χ3n) is 2.22. The molecule has 0 saturated carbocycles. The van der Waals surface area contributed by atoms with E-state index in [2.05, 4.69) is 20.5 Å². The lowest BCUT2D eigenvalue weighted by Gasteiger charge is -2.09. The van der Waals surface area contributed by atoms with E-state index in [0.29, 0.717) is 11.5 Å². The molecule has 16 heavy (non-hydrogen) atoms. The molecule has 0 unspecified atom stereocenters. The van der Waals surface area contributed by atoms with Gasteiger partial charge in [-0.3, -0.25) is 0 Å². The first-order chi connectivity index (χ1) is 7.86. The predicted octanol–water partition coefficient (Wildman–Crippen LogP) is 1.59. The molecule has 0 saturated heterocycles. The fourth-order valence-corrected chi connectivity index (χ4v) is 1.48. The summed E-state index contributed by atoms with van der Waals surface area (Å²) in [5, 5.41) is 10.8. The molecule has 0 aliphatic carbocycles. The number of ether oxygens (including phenoxy) is 1. The maximum atomic E-state index is 5.28. The molecule has 1 heterocycles. The van der Waals surface area contributed by atoms with E-state index in [1.807, 2.05) is 24.3 Å². The molecular formula is C11H12N4O. The van der Waals surface area contributed by atoms with Gasteiger partial charge in [-0.15, -0.1) is 10.2 Å². The van der Waals surface area contributed by atoms with E-state index >= 15 is 0 Å². The van der Waals surface area contributed by atoms with Crippen LogP contribution in [-0.4, -0.2) is 29.3 Å². The summed E-state index contributed by atoms with van der Waals surface area (Å²) in [5.74, 6) is 1.43. The fraction of sp³-hybridized carbons (Fsp3) is 0.182. The van der Waals surface area contributed by atoms with Crippen molar-refractivity contribution in [1.82, 2.24) is 15.2 Å². The van der Waals surface area contributed by atoms with Crippen molar-refractivity contribution in [2.75, 3.05) is 19.5 Å². The molecule has 1 aromatic carbocycles. The summed E-state index contributed by atoms with van der Waals surface area (Å²) in [6.07, 6.45) is 1.41. The summed E-state index contributed by atoms with van der Waals surface area (Å²) in [6, 6.07) is 7.63. The van der Waals surface area contributed by atoms with Crippen LogP contribution in [-0.2, 0) is 0 Å². The molecule has 82 valence electrons. The highest BCUT2D eigenvalue weighted by Crippen LogP contribution is 2.30. The summed E-state index contributed by atoms with van der Waals surface area (Å²) in [4.78, 5) is 4.11. The maximum Gasteiger partial charge on any atom is 0.156 e. The number of aromatic nitrogens is 3. The summed E-state index contributed by atoms with van der Waals surface area (Å²) >= 11 is 0. The molecule has 0 spiro atoms. The van der Waals surface area contributed by atoms with Crippen LogP contribution in [0, 0.1) is 0 Å². The van der Waals surface area contributed by atoms with Crippen LogP contribution in [0.5, 0.6) is 5.75 Å². The summed E-state index contributed by atoms with van der Waals surface area (Å²) in [7, 11) is 3.42. The van der Waals surface area contributed by atoms with Crippen LogP contribution in [0.25, 0.3) is 11.3 Å². The standard InChI is InChI=1S/C11H12N4O/c1-12-11-10(15-14-7-13-11)8-5-3-4-6-9(8)16-2/h3-7H,1-2H3,(H,12,13,14). The van der Waals surface area contributed by atoms with Gasteiger partial charge in [-0.25, -0.2) is 4.98 Å². The molecule has 2 aromatic rings. The SMILES string of the molecule is CNc1ncnnc1-c1ccccc1OC. The molecular weight excluding hydrogens is 204 g/mol. The largest absolute Gasteiger partial charge is 0.496 e. The lowest BCUT2D eigenvalue weighted by Crippen LogP contribution is -2.00. The predicted molar refractivity (Wildman–Crippen MR) is 61.4 cm³/mol. The van der Waals surface area contributed by atoms with Crippen LogP contribution in [0.2, 0.25) is 0 Å². The van der Waals surface area contributed by atoms with Crippen LogP contribution in [0.4, 0.5) is 5.82 Å². The van der Waals surface area contributed by atoms with Crippen molar-refractivity contribution in [3.8, 4) is 17.0 Å². The van der Waals surface area contributed by atoms with Crippen molar-refractivity contribution in [2.45, 2.75) is 0 Å². The monoisotopic (exact) mass is 216 g/mol. The molecule has 1 N–H and O–H groups in total. The van der Waals surface area contributed by atoms with E-state index < -0.39 is 0 Å². The zero-order valence-electron chi connectivity index (χ0n) is 9.14. The Morgan fingerprint density at radius 2 is 2.06 bits per heavy atom. The fourth-order valence-electron chi connectivity index (χ4n) is 1.48. The number of anilines is 1. The molecule has 0 amide bonds. The van der Waals surface area contributed by atoms with E-state index in [1.165, 1.54) is 6.33 Å². The Bertz CT molecular complexity index is 441. The molecule has 0 bridgehead atoms. The molecule has 0 fully saturated rings. The minimum atomic E-state index is 0.680. The first-order valence-electron chi connectivity index (χ1n) is 4.85. The van der Waals surface area contributed by atoms with Crippen LogP contribution in [0.3, 0.4) is 0 Å². The van der Waals surface area contributed by atoms with Gasteiger partial charge in [0.05, 0.1) is 7.11 Å². The van der Waals surface area contributed by atoms with Gasteiger partial charge >= 0.3 is 0 Å². The van der Waals surface area contributed by atoms with E-state index in [9.17, 15) is 0 Å². The number of benzene rings is 1. The summed E-state index contributed by atoms with van der Waals surface area (Å²) < 4.78 is 5.28. The van der Waals surface area contributed by atoms with E-state index in [1.54, 1.807) is 14.2 Å². The van der Waals surface area contributed by atoms with E-state index in [-0.39, 0.29) is 0 Å². The lowest BCUT2D eigenvalue weighted by molar-refractivity contribution is 0.416. The number of rotatable bonds is 3. The van der Waals surface area contributed by atoms with Gasteiger partial charge in [0.15, 0.2) is 5.82 Å². The molecule has 5 nitrogen and oxygen atoms in total. The van der Waals surface area contributed by atoms with Gasteiger partial charge in [-0.1, -0.05) is 12.1 Å². The molecule has 2 rings (SSSR count). The quantitative estimate of drug-likeness (QED) is 0.844. The van der Waals surface area contributed by atoms with Crippen LogP contribution < -0.4 is 10.1 Å². The topological polar surface area (TPSA) is 59.9 Å². The second-order valence-corrected chi connectivity index (χ2v) is 3.11. The van der Waals surface area contributed by atoms with Crippen molar-refractivity contribution < 1.29 is 4.74 Å². The highest BCUT2D eigenvalue weighted by molar-refractivity contribution is 5.75. The zero-order valence-corrected chi connectivity index (χ0v) is 9.14. The average Bonchev–Trinajstić information content (AvgIpc) is 2.38. The lowest BCUT2D eigenvalue weighted by atomic mass is 10.1. The van der Waals surface area contributed by atoms with Gasteiger partial charge in [0, 0.05) is 12.6 Å². The number of methoxy groups -OCH3 is 1. The summed E-state index contributed by atoms with van der Waals surface area (Å²) in [5.41, 5.74) is 1.55. The second-order valence-electron chi connectivity index (χ2n) is 3.11. The Labute approximate surface area is 93.5 Å². The first-order valence-corrected chi connectivity index (χ1v) is 4.85. The van der Waals surface area contributed by atoms with Crippen molar-refractivity contribution in [2.24, 2.45) is 0 Å². The Morgan fingerprint density at radius 1 is 1.25 bits per heavy atom. The number of hydrogen-bond donors (Lipinski definition) is 1. The summed E-state index contributed by atoms with van der Waals surface area (Å²) in [6.45, 7) is 0. The molecule has 0 atom stereocenters.